The van der Waals surface area contributed by atoms with E-state index in [1.165, 1.54) is 33.2 Å². The van der Waals surface area contributed by atoms with Gasteiger partial charge in [0, 0.05) is 28.1 Å². The van der Waals surface area contributed by atoms with Crippen LogP contribution in [-0.2, 0) is 0 Å². The minimum Gasteiger partial charge on any atom is -0.456 e. The number of benzene rings is 10. The molecule has 0 saturated heterocycles. The van der Waals surface area contributed by atoms with Crippen LogP contribution in [-0.4, -0.2) is 0 Å². The molecule has 0 N–H and O–H groups in total. The van der Waals surface area contributed by atoms with E-state index in [4.69, 9.17) is 4.74 Å². The SMILES string of the molecule is c1ccc(-c2ccc(-c3ccc(N(c4ccc(-c5ccccc5)cc4)c4cccc5c4-c4c(-c6ccccc6)cccc4-c4cc6ccccc6cc4O5)cc3)cc2)cc1. The van der Waals surface area contributed by atoms with Crippen LogP contribution >= 0.6 is 0 Å². The van der Waals surface area contributed by atoms with Crippen LogP contribution in [0.4, 0.5) is 17.1 Å². The van der Waals surface area contributed by atoms with Gasteiger partial charge < -0.3 is 9.64 Å². The predicted molar refractivity (Wildman–Crippen MR) is 251 cm³/mol. The molecule has 2 heteroatoms. The summed E-state index contributed by atoms with van der Waals surface area (Å²) in [5.41, 5.74) is 16.9. The first-order chi connectivity index (χ1) is 29.7. The van der Waals surface area contributed by atoms with Crippen molar-refractivity contribution < 1.29 is 4.74 Å². The number of ether oxygens (including phenoxy) is 1. The highest BCUT2D eigenvalue weighted by Crippen LogP contribution is 2.55. The van der Waals surface area contributed by atoms with E-state index in [-0.39, 0.29) is 0 Å². The maximum Gasteiger partial charge on any atom is 0.137 e. The summed E-state index contributed by atoms with van der Waals surface area (Å²) in [7, 11) is 0. The second-order valence-corrected chi connectivity index (χ2v) is 15.3. The first-order valence-electron chi connectivity index (χ1n) is 20.5. The highest BCUT2D eigenvalue weighted by molar-refractivity contribution is 6.06. The minimum absolute atomic E-state index is 0.812. The normalized spacial score (nSPS) is 11.5. The van der Waals surface area contributed by atoms with Crippen molar-refractivity contribution in [1.82, 2.24) is 0 Å². The molecule has 10 aromatic carbocycles. The fraction of sp³-hybridized carbons (Fsp3) is 0. The third-order valence-corrected chi connectivity index (χ3v) is 11.7. The molecule has 0 amide bonds. The van der Waals surface area contributed by atoms with Crippen molar-refractivity contribution in [3.8, 4) is 78.3 Å². The van der Waals surface area contributed by atoms with Gasteiger partial charge in [-0.1, -0.05) is 188 Å². The van der Waals surface area contributed by atoms with Crippen molar-refractivity contribution in [3.05, 3.63) is 237 Å². The van der Waals surface area contributed by atoms with E-state index < -0.39 is 0 Å². The standard InChI is InChI=1S/C58H39NO/c1-4-14-40(15-5-1)42-26-28-43(29-27-42)45-32-36-50(37-33-45)59(49-34-30-44(31-35-49)41-16-6-2-7-17-41)54-24-13-25-55-58(54)57-51(46-18-8-3-9-19-46)22-12-23-52(57)53-38-47-20-10-11-21-48(47)39-56(53)60-55/h1-39H. The zero-order chi connectivity index (χ0) is 39.8. The fourth-order valence-electron chi connectivity index (χ4n) is 8.73. The van der Waals surface area contributed by atoms with Crippen molar-refractivity contribution in [2.75, 3.05) is 4.90 Å². The molecule has 0 radical (unpaired) electrons. The van der Waals surface area contributed by atoms with Gasteiger partial charge in [-0.25, -0.2) is 0 Å². The average molecular weight is 766 g/mol. The summed E-state index contributed by atoms with van der Waals surface area (Å²) in [6.07, 6.45) is 0. The van der Waals surface area contributed by atoms with Crippen LogP contribution in [0.5, 0.6) is 11.5 Å². The zero-order valence-electron chi connectivity index (χ0n) is 32.9. The lowest BCUT2D eigenvalue weighted by atomic mass is 9.86. The average Bonchev–Trinajstić information content (AvgIpc) is 3.46. The Morgan fingerprint density at radius 1 is 0.267 bits per heavy atom. The van der Waals surface area contributed by atoms with Gasteiger partial charge in [-0.2, -0.15) is 0 Å². The first kappa shape index (κ1) is 35.2. The van der Waals surface area contributed by atoms with Crippen LogP contribution in [0.25, 0.3) is 77.5 Å². The highest BCUT2D eigenvalue weighted by atomic mass is 16.5. The zero-order valence-corrected chi connectivity index (χ0v) is 32.9. The molecule has 0 atom stereocenters. The molecule has 2 nitrogen and oxygen atoms in total. The van der Waals surface area contributed by atoms with E-state index in [0.29, 0.717) is 0 Å². The molecule has 0 aliphatic carbocycles. The van der Waals surface area contributed by atoms with E-state index in [1.807, 2.05) is 0 Å². The molecule has 1 aliphatic heterocycles. The Bertz CT molecular complexity index is 3120. The maximum absolute atomic E-state index is 7.12. The Balaban J connectivity index is 1.11. The molecule has 0 fully saturated rings. The van der Waals surface area contributed by atoms with Gasteiger partial charge >= 0.3 is 0 Å². The van der Waals surface area contributed by atoms with Gasteiger partial charge in [0.15, 0.2) is 0 Å². The number of hydrogen-bond donors (Lipinski definition) is 0. The quantitative estimate of drug-likeness (QED) is 0.160. The third-order valence-electron chi connectivity index (χ3n) is 11.7. The van der Waals surface area contributed by atoms with E-state index in [0.717, 1.165) is 72.9 Å². The smallest absolute Gasteiger partial charge is 0.137 e. The third kappa shape index (κ3) is 6.41. The Morgan fingerprint density at radius 2 is 0.700 bits per heavy atom. The maximum atomic E-state index is 7.12. The van der Waals surface area contributed by atoms with E-state index >= 15 is 0 Å². The summed E-state index contributed by atoms with van der Waals surface area (Å²) in [4.78, 5) is 2.39. The molecular formula is C58H39NO. The van der Waals surface area contributed by atoms with Gasteiger partial charge in [0.1, 0.15) is 11.5 Å². The molecule has 0 saturated carbocycles. The van der Waals surface area contributed by atoms with Crippen molar-refractivity contribution >= 4 is 27.8 Å². The van der Waals surface area contributed by atoms with Crippen LogP contribution < -0.4 is 9.64 Å². The van der Waals surface area contributed by atoms with E-state index in [9.17, 15) is 0 Å². The summed E-state index contributed by atoms with van der Waals surface area (Å²) in [5, 5.41) is 2.32. The van der Waals surface area contributed by atoms with Crippen molar-refractivity contribution in [3.63, 3.8) is 0 Å². The highest BCUT2D eigenvalue weighted by Gasteiger charge is 2.29. The largest absolute Gasteiger partial charge is 0.456 e. The summed E-state index contributed by atoms with van der Waals surface area (Å²) in [5.74, 6) is 1.66. The Morgan fingerprint density at radius 3 is 1.25 bits per heavy atom. The molecule has 60 heavy (non-hydrogen) atoms. The van der Waals surface area contributed by atoms with Crippen LogP contribution in [0.3, 0.4) is 0 Å². The molecule has 1 heterocycles. The Hall–Kier alpha value is -7.94. The van der Waals surface area contributed by atoms with Crippen molar-refractivity contribution in [2.45, 2.75) is 0 Å². The van der Waals surface area contributed by atoms with Gasteiger partial charge in [0.05, 0.1) is 5.69 Å². The first-order valence-corrected chi connectivity index (χ1v) is 20.5. The fourth-order valence-corrected chi connectivity index (χ4v) is 8.73. The number of hydrogen-bond acceptors (Lipinski definition) is 2. The second-order valence-electron chi connectivity index (χ2n) is 15.3. The summed E-state index contributed by atoms with van der Waals surface area (Å²) in [6.45, 7) is 0. The second kappa shape index (κ2) is 15.1. The van der Waals surface area contributed by atoms with Gasteiger partial charge in [-0.3, -0.25) is 0 Å². The topological polar surface area (TPSA) is 12.5 Å². The molecule has 0 bridgehead atoms. The van der Waals surface area contributed by atoms with Crippen molar-refractivity contribution in [2.24, 2.45) is 0 Å². The Labute approximate surface area is 350 Å². The monoisotopic (exact) mass is 765 g/mol. The molecule has 0 spiro atoms. The van der Waals surface area contributed by atoms with Crippen LogP contribution in [0.2, 0.25) is 0 Å². The predicted octanol–water partition coefficient (Wildman–Crippen LogP) is 16.4. The van der Waals surface area contributed by atoms with Crippen LogP contribution in [0.15, 0.2) is 237 Å². The van der Waals surface area contributed by atoms with Crippen LogP contribution in [0, 0.1) is 0 Å². The molecule has 282 valence electrons. The van der Waals surface area contributed by atoms with E-state index in [1.54, 1.807) is 0 Å². The number of nitrogens with zero attached hydrogens (tertiary/aromatic N) is 1. The molecule has 0 unspecified atom stereocenters. The Kier molecular flexibility index (Phi) is 8.87. The molecular weight excluding hydrogens is 727 g/mol. The van der Waals surface area contributed by atoms with Gasteiger partial charge in [-0.15, -0.1) is 0 Å². The van der Waals surface area contributed by atoms with Crippen molar-refractivity contribution in [1.29, 1.82) is 0 Å². The van der Waals surface area contributed by atoms with E-state index in [2.05, 4.69) is 241 Å². The minimum atomic E-state index is 0.812. The molecule has 1 aliphatic rings. The lowest BCUT2D eigenvalue weighted by molar-refractivity contribution is 0.488. The van der Waals surface area contributed by atoms with Gasteiger partial charge in [0.2, 0.25) is 0 Å². The molecule has 10 aromatic rings. The lowest BCUT2D eigenvalue weighted by Gasteiger charge is -2.29. The van der Waals surface area contributed by atoms with Crippen LogP contribution in [0.1, 0.15) is 0 Å². The molecule has 0 aromatic heterocycles. The van der Waals surface area contributed by atoms with Gasteiger partial charge in [-0.05, 0) is 109 Å². The number of anilines is 3. The lowest BCUT2D eigenvalue weighted by Crippen LogP contribution is -2.12. The number of rotatable bonds is 7. The number of fused-ring (bicyclic) bond motifs is 6. The summed E-state index contributed by atoms with van der Waals surface area (Å²) >= 11 is 0. The summed E-state index contributed by atoms with van der Waals surface area (Å²) in [6, 6.07) is 84.7. The van der Waals surface area contributed by atoms with Gasteiger partial charge in [0.25, 0.3) is 0 Å². The molecule has 11 rings (SSSR count). The summed E-state index contributed by atoms with van der Waals surface area (Å²) < 4.78 is 7.12.